The predicted octanol–water partition coefficient (Wildman–Crippen LogP) is 3.05. The summed E-state index contributed by atoms with van der Waals surface area (Å²) in [5.74, 6) is 2.68. The second kappa shape index (κ2) is 10.6. The molecule has 0 spiro atoms. The summed E-state index contributed by atoms with van der Waals surface area (Å²) in [7, 11) is 1.67. The molecule has 2 aromatic rings. The molecule has 1 aromatic heterocycles. The quantitative estimate of drug-likeness (QED) is 0.489. The third kappa shape index (κ3) is 5.19. The SMILES string of the molecule is CCNC(=NCC(CC)(CC)c1ccccc1)NC1CCc2nc(COC)nn2C1. The first-order valence-corrected chi connectivity index (χ1v) is 11.2. The highest BCUT2D eigenvalue weighted by atomic mass is 16.5. The highest BCUT2D eigenvalue weighted by Gasteiger charge is 2.28. The lowest BCUT2D eigenvalue weighted by Gasteiger charge is -2.31. The van der Waals surface area contributed by atoms with E-state index in [2.05, 4.69) is 71.8 Å². The topological polar surface area (TPSA) is 76.4 Å². The van der Waals surface area contributed by atoms with Gasteiger partial charge < -0.3 is 15.4 Å². The van der Waals surface area contributed by atoms with Gasteiger partial charge in [-0.1, -0.05) is 44.2 Å². The van der Waals surface area contributed by atoms with Crippen molar-refractivity contribution in [2.45, 2.75) is 71.1 Å². The molecule has 1 aliphatic rings. The summed E-state index contributed by atoms with van der Waals surface area (Å²) in [5, 5.41) is 11.6. The molecule has 3 rings (SSSR count). The molecular weight excluding hydrogens is 376 g/mol. The number of aryl methyl sites for hydroxylation is 1. The van der Waals surface area contributed by atoms with Gasteiger partial charge in [-0.05, 0) is 31.7 Å². The summed E-state index contributed by atoms with van der Waals surface area (Å²) in [6.07, 6.45) is 4.04. The maximum atomic E-state index is 5.17. The van der Waals surface area contributed by atoms with E-state index in [1.54, 1.807) is 7.11 Å². The number of guanidine groups is 1. The molecule has 0 saturated heterocycles. The van der Waals surface area contributed by atoms with Crippen LogP contribution in [0.1, 0.15) is 57.2 Å². The number of nitrogens with one attached hydrogen (secondary N) is 2. The molecule has 1 aliphatic heterocycles. The molecular formula is C23H36N6O. The van der Waals surface area contributed by atoms with Crippen LogP contribution < -0.4 is 10.6 Å². The number of aromatic nitrogens is 3. The van der Waals surface area contributed by atoms with Crippen LogP contribution in [0.4, 0.5) is 0 Å². The van der Waals surface area contributed by atoms with Gasteiger partial charge in [-0.2, -0.15) is 5.10 Å². The van der Waals surface area contributed by atoms with E-state index in [0.29, 0.717) is 6.61 Å². The first-order chi connectivity index (χ1) is 14.6. The van der Waals surface area contributed by atoms with Gasteiger partial charge in [-0.3, -0.25) is 4.99 Å². The Kier molecular flexibility index (Phi) is 7.85. The highest BCUT2D eigenvalue weighted by Crippen LogP contribution is 2.32. The molecule has 1 aromatic carbocycles. The van der Waals surface area contributed by atoms with E-state index in [1.165, 1.54) is 5.56 Å². The van der Waals surface area contributed by atoms with Crippen molar-refractivity contribution in [1.29, 1.82) is 0 Å². The molecule has 1 unspecified atom stereocenters. The Morgan fingerprint density at radius 3 is 2.67 bits per heavy atom. The van der Waals surface area contributed by atoms with Gasteiger partial charge in [0.15, 0.2) is 11.8 Å². The van der Waals surface area contributed by atoms with Gasteiger partial charge in [0.1, 0.15) is 12.4 Å². The second-order valence-corrected chi connectivity index (χ2v) is 7.99. The number of ether oxygens (including phenoxy) is 1. The molecule has 164 valence electrons. The predicted molar refractivity (Wildman–Crippen MR) is 121 cm³/mol. The van der Waals surface area contributed by atoms with Crippen LogP contribution in [-0.2, 0) is 29.7 Å². The molecule has 0 fully saturated rings. The molecule has 0 saturated carbocycles. The lowest BCUT2D eigenvalue weighted by atomic mass is 9.76. The van der Waals surface area contributed by atoms with Gasteiger partial charge in [-0.25, -0.2) is 9.67 Å². The van der Waals surface area contributed by atoms with Gasteiger partial charge in [0.05, 0.1) is 13.1 Å². The maximum absolute atomic E-state index is 5.17. The average Bonchev–Trinajstić information content (AvgIpc) is 3.17. The number of methoxy groups -OCH3 is 1. The van der Waals surface area contributed by atoms with Crippen LogP contribution in [0.15, 0.2) is 35.3 Å². The normalized spacial score (nSPS) is 16.9. The van der Waals surface area contributed by atoms with Crippen LogP contribution in [-0.4, -0.2) is 47.0 Å². The Hall–Kier alpha value is -2.41. The van der Waals surface area contributed by atoms with Crippen molar-refractivity contribution in [3.63, 3.8) is 0 Å². The van der Waals surface area contributed by atoms with Gasteiger partial charge in [0.25, 0.3) is 0 Å². The minimum Gasteiger partial charge on any atom is -0.377 e. The summed E-state index contributed by atoms with van der Waals surface area (Å²) >= 11 is 0. The highest BCUT2D eigenvalue weighted by molar-refractivity contribution is 5.80. The van der Waals surface area contributed by atoms with E-state index in [1.807, 2.05) is 4.68 Å². The van der Waals surface area contributed by atoms with Gasteiger partial charge >= 0.3 is 0 Å². The molecule has 0 radical (unpaired) electrons. The third-order valence-corrected chi connectivity index (χ3v) is 6.14. The number of benzene rings is 1. The third-order valence-electron chi connectivity index (χ3n) is 6.14. The van der Waals surface area contributed by atoms with Gasteiger partial charge in [0, 0.05) is 31.5 Å². The number of aliphatic imine (C=N–C) groups is 1. The Bertz CT molecular complexity index is 812. The number of hydrogen-bond donors (Lipinski definition) is 2. The number of rotatable bonds is 9. The molecule has 1 atom stereocenters. The number of fused-ring (bicyclic) bond motifs is 1. The van der Waals surface area contributed by atoms with Crippen molar-refractivity contribution < 1.29 is 4.74 Å². The van der Waals surface area contributed by atoms with E-state index in [0.717, 1.165) is 62.9 Å². The average molecular weight is 413 g/mol. The van der Waals surface area contributed by atoms with E-state index in [-0.39, 0.29) is 11.5 Å². The fourth-order valence-corrected chi connectivity index (χ4v) is 4.18. The van der Waals surface area contributed by atoms with Crippen LogP contribution >= 0.6 is 0 Å². The van der Waals surface area contributed by atoms with Gasteiger partial charge in [-0.15, -0.1) is 0 Å². The first kappa shape index (κ1) is 22.3. The lowest BCUT2D eigenvalue weighted by Crippen LogP contribution is -2.47. The number of nitrogens with zero attached hydrogens (tertiary/aromatic N) is 4. The summed E-state index contributed by atoms with van der Waals surface area (Å²) < 4.78 is 7.17. The zero-order valence-electron chi connectivity index (χ0n) is 18.8. The summed E-state index contributed by atoms with van der Waals surface area (Å²) in [4.78, 5) is 9.59. The Morgan fingerprint density at radius 1 is 1.23 bits per heavy atom. The Balaban J connectivity index is 1.71. The smallest absolute Gasteiger partial charge is 0.191 e. The molecule has 0 bridgehead atoms. The minimum atomic E-state index is 0.0598. The molecule has 2 heterocycles. The zero-order chi connectivity index (χ0) is 21.4. The minimum absolute atomic E-state index is 0.0598. The van der Waals surface area contributed by atoms with Gasteiger partial charge in [0.2, 0.25) is 0 Å². The van der Waals surface area contributed by atoms with E-state index in [9.17, 15) is 0 Å². The fourth-order valence-electron chi connectivity index (χ4n) is 4.18. The summed E-state index contributed by atoms with van der Waals surface area (Å²) in [5.41, 5.74) is 1.43. The second-order valence-electron chi connectivity index (χ2n) is 7.99. The standard InChI is InChI=1S/C23H36N6O/c1-5-23(6-2,18-11-9-8-10-12-18)17-25-22(24-7-3)26-19-13-14-21-27-20(16-30-4)28-29(21)15-19/h8-12,19H,5-7,13-17H2,1-4H3,(H2,24,25,26). The molecule has 7 nitrogen and oxygen atoms in total. The van der Waals surface area contributed by atoms with Crippen molar-refractivity contribution in [3.8, 4) is 0 Å². The Labute approximate surface area is 180 Å². The first-order valence-electron chi connectivity index (χ1n) is 11.2. The lowest BCUT2D eigenvalue weighted by molar-refractivity contribution is 0.177. The summed E-state index contributed by atoms with van der Waals surface area (Å²) in [6.45, 7) is 9.48. The van der Waals surface area contributed by atoms with E-state index in [4.69, 9.17) is 9.73 Å². The van der Waals surface area contributed by atoms with Crippen LogP contribution in [0, 0.1) is 0 Å². The zero-order valence-corrected chi connectivity index (χ0v) is 18.8. The Morgan fingerprint density at radius 2 is 2.00 bits per heavy atom. The maximum Gasteiger partial charge on any atom is 0.191 e. The summed E-state index contributed by atoms with van der Waals surface area (Å²) in [6, 6.07) is 11.1. The van der Waals surface area contributed by atoms with Crippen LogP contribution in [0.2, 0.25) is 0 Å². The molecule has 0 amide bonds. The monoisotopic (exact) mass is 412 g/mol. The van der Waals surface area contributed by atoms with Crippen LogP contribution in [0.25, 0.3) is 0 Å². The van der Waals surface area contributed by atoms with Crippen LogP contribution in [0.3, 0.4) is 0 Å². The largest absolute Gasteiger partial charge is 0.377 e. The van der Waals surface area contributed by atoms with Crippen molar-refractivity contribution in [2.75, 3.05) is 20.2 Å². The van der Waals surface area contributed by atoms with Crippen molar-refractivity contribution in [2.24, 2.45) is 4.99 Å². The molecule has 7 heteroatoms. The van der Waals surface area contributed by atoms with Crippen molar-refractivity contribution in [3.05, 3.63) is 47.5 Å². The van der Waals surface area contributed by atoms with E-state index < -0.39 is 0 Å². The molecule has 0 aliphatic carbocycles. The number of hydrogen-bond acceptors (Lipinski definition) is 4. The molecule has 30 heavy (non-hydrogen) atoms. The van der Waals surface area contributed by atoms with E-state index >= 15 is 0 Å². The van der Waals surface area contributed by atoms with Crippen molar-refractivity contribution >= 4 is 5.96 Å². The fraction of sp³-hybridized carbons (Fsp3) is 0.609. The van der Waals surface area contributed by atoms with Crippen LogP contribution in [0.5, 0.6) is 0 Å². The molecule has 2 N–H and O–H groups in total. The van der Waals surface area contributed by atoms with Crippen molar-refractivity contribution in [1.82, 2.24) is 25.4 Å².